The van der Waals surface area contributed by atoms with Gasteiger partial charge in [0.1, 0.15) is 12.7 Å². The van der Waals surface area contributed by atoms with Crippen LogP contribution < -0.4 is 0 Å². The Balaban J connectivity index is 1.25. The first-order valence-corrected chi connectivity index (χ1v) is 24.7. The molecule has 5 saturated carbocycles. The molecule has 3 N–H and O–H groups in total. The van der Waals surface area contributed by atoms with E-state index in [0.29, 0.717) is 44.4 Å². The molecule has 1 aromatic carbocycles. The quantitative estimate of drug-likeness (QED) is 0.122. The topological polar surface area (TPSA) is 113 Å². The molecular weight excluding hydrogens is 761 g/mol. The van der Waals surface area contributed by atoms with Gasteiger partial charge in [-0.05, 0) is 130 Å². The van der Waals surface area contributed by atoms with Crippen molar-refractivity contribution in [2.45, 2.75) is 186 Å². The zero-order valence-corrected chi connectivity index (χ0v) is 37.5. The molecule has 9 rings (SSSR count). The van der Waals surface area contributed by atoms with Crippen LogP contribution in [0.4, 0.5) is 0 Å². The smallest absolute Gasteiger partial charge is 0.331 e. The summed E-state index contributed by atoms with van der Waals surface area (Å²) in [6.07, 6.45) is 22.3. The van der Waals surface area contributed by atoms with E-state index in [2.05, 4.69) is 68.2 Å². The highest BCUT2D eigenvalue weighted by Crippen LogP contribution is 2.73. The van der Waals surface area contributed by atoms with Crippen molar-refractivity contribution < 1.29 is 34.4 Å². The van der Waals surface area contributed by atoms with Gasteiger partial charge >= 0.3 is 11.9 Å². The summed E-state index contributed by atoms with van der Waals surface area (Å²) in [5, 5.41) is 41.8. The normalized spacial score (nSPS) is 42.8. The van der Waals surface area contributed by atoms with Gasteiger partial charge in [0.15, 0.2) is 0 Å². The molecule has 0 saturated heterocycles. The Hall–Kier alpha value is -2.92. The van der Waals surface area contributed by atoms with E-state index < -0.39 is 51.5 Å². The van der Waals surface area contributed by atoms with Crippen LogP contribution in [0.2, 0.25) is 0 Å². The Bertz CT molecular complexity index is 1910. The second-order valence-electron chi connectivity index (χ2n) is 22.3. The van der Waals surface area contributed by atoms with Crippen LogP contribution in [-0.2, 0) is 25.5 Å². The number of allylic oxidation sites excluding steroid dienone is 1. The van der Waals surface area contributed by atoms with Gasteiger partial charge in [0, 0.05) is 30.8 Å². The van der Waals surface area contributed by atoms with Crippen molar-refractivity contribution in [2.75, 3.05) is 6.61 Å². The molecule has 12 atom stereocenters. The Morgan fingerprint density at radius 2 is 1.64 bits per heavy atom. The number of esters is 2. The first-order valence-electron chi connectivity index (χ1n) is 24.7. The molecule has 0 amide bonds. The highest BCUT2D eigenvalue weighted by molar-refractivity contribution is 5.85. The Morgan fingerprint density at radius 3 is 2.38 bits per heavy atom. The predicted octanol–water partition coefficient (Wildman–Crippen LogP) is 10.00. The molecule has 8 aliphatic rings. The van der Waals surface area contributed by atoms with E-state index in [1.165, 1.54) is 12.0 Å². The molecule has 0 aromatic heterocycles. The first-order chi connectivity index (χ1) is 29.3. The maximum Gasteiger partial charge on any atom is 0.331 e. The molecule has 1 aromatic rings. The third-order valence-corrected chi connectivity index (χ3v) is 19.1. The largest absolute Gasteiger partial charge is 0.462 e. The maximum atomic E-state index is 15.7. The lowest BCUT2D eigenvalue weighted by molar-refractivity contribution is -0.342. The minimum Gasteiger partial charge on any atom is -0.462 e. The van der Waals surface area contributed by atoms with Gasteiger partial charge in [-0.15, -0.1) is 5.92 Å². The summed E-state index contributed by atoms with van der Waals surface area (Å²) < 4.78 is 12.7. The molecule has 7 nitrogen and oxygen atoms in total. The van der Waals surface area contributed by atoms with Gasteiger partial charge < -0.3 is 24.8 Å². The molecule has 0 unspecified atom stereocenters. The van der Waals surface area contributed by atoms with E-state index in [9.17, 15) is 20.1 Å². The van der Waals surface area contributed by atoms with E-state index in [4.69, 9.17) is 9.47 Å². The lowest BCUT2D eigenvalue weighted by Crippen LogP contribution is -2.80. The Labute approximate surface area is 365 Å². The van der Waals surface area contributed by atoms with E-state index in [1.54, 1.807) is 6.08 Å². The van der Waals surface area contributed by atoms with Gasteiger partial charge in [0.2, 0.25) is 0 Å². The summed E-state index contributed by atoms with van der Waals surface area (Å²) in [7, 11) is 0. The number of carbonyl (C=O) groups is 2. The molecule has 4 bridgehead atoms. The van der Waals surface area contributed by atoms with Gasteiger partial charge in [-0.2, -0.15) is 0 Å². The number of aliphatic hydroxyl groups excluding tert-OH is 2. The van der Waals surface area contributed by atoms with Gasteiger partial charge in [0.25, 0.3) is 0 Å². The fraction of sp³-hybridized carbons (Fsp3) is 0.741. The van der Waals surface area contributed by atoms with Crippen molar-refractivity contribution in [3.8, 4) is 11.8 Å². The second kappa shape index (κ2) is 16.6. The van der Waals surface area contributed by atoms with Crippen molar-refractivity contribution in [1.29, 1.82) is 0 Å². The third kappa shape index (κ3) is 7.02. The average Bonchev–Trinajstić information content (AvgIpc) is 3.91. The van der Waals surface area contributed by atoms with E-state index in [-0.39, 0.29) is 48.1 Å². The molecule has 2 spiro atoms. The summed E-state index contributed by atoms with van der Waals surface area (Å²) >= 11 is 0. The van der Waals surface area contributed by atoms with E-state index >= 15 is 4.79 Å². The number of rotatable bonds is 10. The Kier molecular flexibility index (Phi) is 11.8. The van der Waals surface area contributed by atoms with Crippen LogP contribution in [0.25, 0.3) is 0 Å². The van der Waals surface area contributed by atoms with Gasteiger partial charge in [-0.25, -0.2) is 4.79 Å². The molecule has 3 heterocycles. The summed E-state index contributed by atoms with van der Waals surface area (Å²) in [5.41, 5.74) is -3.48. The van der Waals surface area contributed by atoms with Gasteiger partial charge in [-0.1, -0.05) is 107 Å². The van der Waals surface area contributed by atoms with Crippen LogP contribution in [0.3, 0.4) is 0 Å². The number of carbonyl (C=O) groups excluding carboxylic acids is 2. The van der Waals surface area contributed by atoms with Crippen LogP contribution in [0.15, 0.2) is 54.1 Å². The Morgan fingerprint density at radius 1 is 0.885 bits per heavy atom. The standard InChI is InChI=1S/C54H74O7/c1-37(15-12-18-38-16-6-4-7-17-38)33-40-21-22-43-51(26-10-11-27-51)28-14-30-52(43)29-13-25-49(2)35-42(61-48(52)58)46-50(3,41-19-8-5-9-20-41)31-24-44(55)54(46,47(40)57)53(49,59)32-23-39-34-45(56)60-36-39/h4,6-7,16-17,21-22,34,37,40-44,46-47,55,57,59H,5,8-12,14-15,18-20,23-24,26-33,35-36H2,1-3H3/b22-21+/t37-,40-,42-,43+,44-,46+,47+,49+,50+,52-,53-,54-/m1/s1. The number of hydrogen-bond acceptors (Lipinski definition) is 7. The van der Waals surface area contributed by atoms with Crippen LogP contribution >= 0.6 is 0 Å². The number of ether oxygens (including phenoxy) is 2. The lowest BCUT2D eigenvalue weighted by atomic mass is 9.34. The SMILES string of the molecule is C[C@H](CCCc1ccccc1)C[C@H]1/C=C/[C@H]2C3(CCCC3)CCC[C@]23CC#C[C@@]2(C)C[C@@H](OC3=O)[C@@H]3[C@]([C@H](O)CC[C@@]3(C)C3CCCCC3)([C@H]1O)[C@@]2(O)CCC1=CC(=O)OC1. The van der Waals surface area contributed by atoms with Crippen LogP contribution in [0, 0.1) is 68.5 Å². The number of aryl methyl sites for hydroxylation is 1. The van der Waals surface area contributed by atoms with Crippen molar-refractivity contribution >= 4 is 11.9 Å². The second-order valence-corrected chi connectivity index (χ2v) is 22.3. The highest BCUT2D eigenvalue weighted by Gasteiger charge is 2.79. The number of cyclic esters (lactones) is 1. The molecule has 5 fully saturated rings. The monoisotopic (exact) mass is 835 g/mol. The molecule has 5 aliphatic carbocycles. The first kappa shape index (κ1) is 43.3. The molecular formula is C54H74O7. The van der Waals surface area contributed by atoms with Crippen LogP contribution in [-0.4, -0.2) is 57.8 Å². The summed E-state index contributed by atoms with van der Waals surface area (Å²) in [5.74, 6) is 6.43. The zero-order valence-electron chi connectivity index (χ0n) is 37.5. The number of hydrogen-bond donors (Lipinski definition) is 3. The van der Waals surface area contributed by atoms with Crippen molar-refractivity contribution in [2.24, 2.45) is 56.7 Å². The molecule has 61 heavy (non-hydrogen) atoms. The van der Waals surface area contributed by atoms with Crippen molar-refractivity contribution in [3.05, 3.63) is 59.7 Å². The third-order valence-electron chi connectivity index (χ3n) is 19.1. The van der Waals surface area contributed by atoms with Gasteiger partial charge in [-0.3, -0.25) is 4.79 Å². The minimum atomic E-state index is -1.71. The number of fused-ring (bicyclic) bond motifs is 3. The van der Waals surface area contributed by atoms with Crippen molar-refractivity contribution in [1.82, 2.24) is 0 Å². The minimum absolute atomic E-state index is 0.0207. The van der Waals surface area contributed by atoms with Crippen LogP contribution in [0.1, 0.15) is 161 Å². The molecule has 7 heteroatoms. The van der Waals surface area contributed by atoms with E-state index in [1.807, 2.05) is 6.92 Å². The predicted molar refractivity (Wildman–Crippen MR) is 237 cm³/mol. The average molecular weight is 835 g/mol. The maximum absolute atomic E-state index is 15.7. The number of benzene rings is 1. The van der Waals surface area contributed by atoms with E-state index in [0.717, 1.165) is 95.5 Å². The fourth-order valence-electron chi connectivity index (χ4n) is 16.2. The number of aliphatic hydroxyl groups is 3. The molecule has 0 radical (unpaired) electrons. The summed E-state index contributed by atoms with van der Waals surface area (Å²) in [4.78, 5) is 28.1. The van der Waals surface area contributed by atoms with Crippen LogP contribution in [0.5, 0.6) is 0 Å². The highest BCUT2D eigenvalue weighted by atomic mass is 16.5. The lowest BCUT2D eigenvalue weighted by Gasteiger charge is -2.72. The summed E-state index contributed by atoms with van der Waals surface area (Å²) in [6, 6.07) is 10.7. The van der Waals surface area contributed by atoms with Gasteiger partial charge in [0.05, 0.1) is 34.1 Å². The summed E-state index contributed by atoms with van der Waals surface area (Å²) in [6.45, 7) is 6.89. The zero-order chi connectivity index (χ0) is 42.7. The van der Waals surface area contributed by atoms with Crippen molar-refractivity contribution in [3.63, 3.8) is 0 Å². The molecule has 332 valence electrons. The fourth-order valence-corrected chi connectivity index (χ4v) is 16.2. The molecule has 3 aliphatic heterocycles.